The zero-order valence-corrected chi connectivity index (χ0v) is 11.3. The molecule has 4 N–H and O–H groups in total. The van der Waals surface area contributed by atoms with Crippen LogP contribution in [0.3, 0.4) is 0 Å². The number of aliphatic hydroxyl groups is 1. The Hall–Kier alpha value is -0.950. The summed E-state index contributed by atoms with van der Waals surface area (Å²) in [4.78, 5) is 22.1. The number of rotatable bonds is 6. The highest BCUT2D eigenvalue weighted by molar-refractivity contribution is 7.99. The van der Waals surface area contributed by atoms with Crippen molar-refractivity contribution >= 4 is 23.8 Å². The topological polar surface area (TPSA) is 98.7 Å². The van der Waals surface area contributed by atoms with Gasteiger partial charge in [0.15, 0.2) is 6.04 Å². The first kappa shape index (κ1) is 16.1. The second-order valence-corrected chi connectivity index (χ2v) is 5.86. The maximum absolute atomic E-state index is 11.4. The van der Waals surface area contributed by atoms with Gasteiger partial charge < -0.3 is 20.8 Å². The minimum atomic E-state index is -1.30. The van der Waals surface area contributed by atoms with Crippen LogP contribution in [0, 0.1) is 0 Å². The van der Waals surface area contributed by atoms with Crippen molar-refractivity contribution in [2.24, 2.45) is 0 Å². The van der Waals surface area contributed by atoms with E-state index in [-0.39, 0.29) is 4.75 Å². The molecule has 0 aliphatic heterocycles. The molecule has 0 rings (SSSR count). The largest absolute Gasteiger partial charge is 0.480 e. The summed E-state index contributed by atoms with van der Waals surface area (Å²) in [7, 11) is 0. The number of urea groups is 1. The van der Waals surface area contributed by atoms with E-state index in [1.165, 1.54) is 6.92 Å². The van der Waals surface area contributed by atoms with Gasteiger partial charge in [-0.15, -0.1) is 0 Å². The van der Waals surface area contributed by atoms with Crippen molar-refractivity contribution in [2.75, 3.05) is 12.8 Å². The lowest BCUT2D eigenvalue weighted by atomic mass is 10.2. The minimum absolute atomic E-state index is 0.124. The lowest BCUT2D eigenvalue weighted by molar-refractivity contribution is -0.141. The van der Waals surface area contributed by atoms with Gasteiger partial charge in [0.25, 0.3) is 0 Å². The van der Waals surface area contributed by atoms with Gasteiger partial charge in [-0.05, 0) is 27.0 Å². The molecule has 0 saturated carbocycles. The molecule has 0 bridgehead atoms. The molecule has 0 aliphatic rings. The van der Waals surface area contributed by atoms with Gasteiger partial charge in [-0.1, -0.05) is 0 Å². The van der Waals surface area contributed by atoms with Crippen LogP contribution in [0.4, 0.5) is 4.79 Å². The quantitative estimate of drug-likeness (QED) is 0.551. The van der Waals surface area contributed by atoms with Crippen molar-refractivity contribution in [3.8, 4) is 0 Å². The first-order chi connectivity index (χ1) is 7.69. The Morgan fingerprint density at radius 3 is 2.29 bits per heavy atom. The fourth-order valence-electron chi connectivity index (χ4n) is 0.946. The fourth-order valence-corrected chi connectivity index (χ4v) is 1.16. The van der Waals surface area contributed by atoms with Crippen LogP contribution in [0.25, 0.3) is 0 Å². The van der Waals surface area contributed by atoms with Gasteiger partial charge in [0.2, 0.25) is 0 Å². The van der Waals surface area contributed by atoms with Crippen molar-refractivity contribution in [1.29, 1.82) is 0 Å². The Morgan fingerprint density at radius 2 is 1.94 bits per heavy atom. The summed E-state index contributed by atoms with van der Waals surface area (Å²) in [6.07, 6.45) is 0.780. The number of aliphatic carboxylic acids is 1. The van der Waals surface area contributed by atoms with Gasteiger partial charge in [-0.25, -0.2) is 9.59 Å². The second-order valence-electron chi connectivity index (χ2n) is 4.35. The molecule has 0 spiro atoms. The van der Waals surface area contributed by atoms with Gasteiger partial charge in [-0.2, -0.15) is 11.8 Å². The highest BCUT2D eigenvalue weighted by atomic mass is 32.2. The number of carbonyl (C=O) groups excluding carboxylic acids is 1. The van der Waals surface area contributed by atoms with Gasteiger partial charge in [0.1, 0.15) is 0 Å². The van der Waals surface area contributed by atoms with Crippen molar-refractivity contribution in [3.05, 3.63) is 0 Å². The zero-order valence-electron chi connectivity index (χ0n) is 10.5. The number of aliphatic hydroxyl groups excluding tert-OH is 1. The molecule has 0 fully saturated rings. The molecule has 0 aromatic rings. The van der Waals surface area contributed by atoms with Crippen LogP contribution in [-0.4, -0.2) is 51.9 Å². The van der Waals surface area contributed by atoms with E-state index in [2.05, 4.69) is 10.6 Å². The number of nitrogens with one attached hydrogen (secondary N) is 2. The van der Waals surface area contributed by atoms with Gasteiger partial charge in [0, 0.05) is 11.3 Å². The summed E-state index contributed by atoms with van der Waals surface area (Å²) in [5.41, 5.74) is 0. The molecule has 17 heavy (non-hydrogen) atoms. The summed E-state index contributed by atoms with van der Waals surface area (Å²) >= 11 is 1.59. The molecule has 0 aromatic heterocycles. The van der Waals surface area contributed by atoms with E-state index < -0.39 is 24.1 Å². The second kappa shape index (κ2) is 6.70. The Labute approximate surface area is 105 Å². The maximum Gasteiger partial charge on any atom is 0.328 e. The summed E-state index contributed by atoms with van der Waals surface area (Å²) in [6, 6.07) is -1.90. The molecular formula is C10H20N2O4S. The SMILES string of the molecule is CSC(C)(C)CNC(=O)NC(C(=O)O)C(C)O. The Morgan fingerprint density at radius 1 is 1.41 bits per heavy atom. The van der Waals surface area contributed by atoms with Crippen LogP contribution in [0.15, 0.2) is 0 Å². The van der Waals surface area contributed by atoms with E-state index in [1.54, 1.807) is 11.8 Å². The van der Waals surface area contributed by atoms with Crippen LogP contribution in [-0.2, 0) is 4.79 Å². The summed E-state index contributed by atoms with van der Waals surface area (Å²) in [5.74, 6) is -1.26. The molecule has 0 aromatic carbocycles. The summed E-state index contributed by atoms with van der Waals surface area (Å²) in [6.45, 7) is 5.64. The number of carboxylic acid groups (broad SMARTS) is 1. The Kier molecular flexibility index (Phi) is 6.33. The minimum Gasteiger partial charge on any atom is -0.480 e. The van der Waals surface area contributed by atoms with Gasteiger partial charge in [0.05, 0.1) is 6.10 Å². The molecule has 100 valence electrons. The third-order valence-electron chi connectivity index (χ3n) is 2.26. The smallest absolute Gasteiger partial charge is 0.328 e. The molecular weight excluding hydrogens is 244 g/mol. The maximum atomic E-state index is 11.4. The number of hydrogen-bond donors (Lipinski definition) is 4. The summed E-state index contributed by atoms with van der Waals surface area (Å²) < 4.78 is -0.124. The number of hydrogen-bond acceptors (Lipinski definition) is 4. The molecule has 2 amide bonds. The van der Waals surface area contributed by atoms with E-state index in [1.807, 2.05) is 20.1 Å². The average Bonchev–Trinajstić information content (AvgIpc) is 2.22. The van der Waals surface area contributed by atoms with Crippen molar-refractivity contribution in [1.82, 2.24) is 10.6 Å². The van der Waals surface area contributed by atoms with E-state index in [4.69, 9.17) is 5.11 Å². The van der Waals surface area contributed by atoms with Crippen molar-refractivity contribution in [2.45, 2.75) is 37.7 Å². The zero-order chi connectivity index (χ0) is 13.6. The average molecular weight is 264 g/mol. The van der Waals surface area contributed by atoms with Gasteiger partial charge >= 0.3 is 12.0 Å². The van der Waals surface area contributed by atoms with Crippen LogP contribution in [0.1, 0.15) is 20.8 Å². The first-order valence-electron chi connectivity index (χ1n) is 5.20. The number of thioether (sulfide) groups is 1. The van der Waals surface area contributed by atoms with Crippen LogP contribution in [0.5, 0.6) is 0 Å². The standard InChI is InChI=1S/C10H20N2O4S/c1-6(13)7(8(14)15)12-9(16)11-5-10(2,3)17-4/h6-7,13H,5H2,1-4H3,(H,14,15)(H2,11,12,16). The first-order valence-corrected chi connectivity index (χ1v) is 6.42. The molecule has 0 heterocycles. The lowest BCUT2D eigenvalue weighted by Gasteiger charge is -2.23. The predicted molar refractivity (Wildman–Crippen MR) is 67.2 cm³/mol. The van der Waals surface area contributed by atoms with Crippen LogP contribution < -0.4 is 10.6 Å². The predicted octanol–water partition coefficient (Wildman–Crippen LogP) is 0.261. The van der Waals surface area contributed by atoms with Gasteiger partial charge in [-0.3, -0.25) is 0 Å². The highest BCUT2D eigenvalue weighted by Gasteiger charge is 2.25. The Balaban J connectivity index is 4.21. The number of carboxylic acids is 1. The molecule has 6 nitrogen and oxygen atoms in total. The van der Waals surface area contributed by atoms with Crippen molar-refractivity contribution < 1.29 is 19.8 Å². The van der Waals surface area contributed by atoms with E-state index in [9.17, 15) is 14.7 Å². The molecule has 7 heteroatoms. The van der Waals surface area contributed by atoms with E-state index >= 15 is 0 Å². The third kappa shape index (κ3) is 6.38. The molecule has 2 atom stereocenters. The monoisotopic (exact) mass is 264 g/mol. The van der Waals surface area contributed by atoms with Crippen molar-refractivity contribution in [3.63, 3.8) is 0 Å². The normalized spacial score (nSPS) is 14.9. The molecule has 0 saturated heterocycles. The molecule has 0 radical (unpaired) electrons. The van der Waals surface area contributed by atoms with E-state index in [0.717, 1.165) is 0 Å². The van der Waals surface area contributed by atoms with Crippen LogP contribution in [0.2, 0.25) is 0 Å². The van der Waals surface area contributed by atoms with E-state index in [0.29, 0.717) is 6.54 Å². The molecule has 0 aliphatic carbocycles. The fraction of sp³-hybridized carbons (Fsp3) is 0.800. The summed E-state index contributed by atoms with van der Waals surface area (Å²) in [5, 5.41) is 22.7. The number of carbonyl (C=O) groups is 2. The Bertz CT molecular complexity index is 281. The molecule has 2 unspecified atom stereocenters. The van der Waals surface area contributed by atoms with Crippen LogP contribution >= 0.6 is 11.8 Å². The third-order valence-corrected chi connectivity index (χ3v) is 3.51. The highest BCUT2D eigenvalue weighted by Crippen LogP contribution is 2.19. The lowest BCUT2D eigenvalue weighted by Crippen LogP contribution is -2.52. The number of amides is 2.